The highest BCUT2D eigenvalue weighted by Crippen LogP contribution is 2.46. The normalized spacial score (nSPS) is 14.2. The Labute approximate surface area is 75.9 Å². The molecule has 2 N–H and O–H groups in total. The molecule has 0 aromatic rings. The molecule has 0 saturated carbocycles. The van der Waals surface area contributed by atoms with Gasteiger partial charge in [0.2, 0.25) is 0 Å². The number of hydrogen-bond acceptors (Lipinski definition) is 1. The summed E-state index contributed by atoms with van der Waals surface area (Å²) in [6.07, 6.45) is 4.12. The molecular weight excluding hydrogens is 189 g/mol. The van der Waals surface area contributed by atoms with Crippen LogP contribution in [-0.2, 0) is 0 Å². The summed E-state index contributed by atoms with van der Waals surface area (Å²) in [5.41, 5.74) is 5.65. The van der Waals surface area contributed by atoms with Gasteiger partial charge < -0.3 is 5.73 Å². The van der Waals surface area contributed by atoms with Crippen LogP contribution in [0.1, 0.15) is 13.8 Å². The number of halogens is 2. The summed E-state index contributed by atoms with van der Waals surface area (Å²) in [7, 11) is 5.09. The van der Waals surface area contributed by atoms with E-state index in [2.05, 4.69) is 12.5 Å². The SMILES string of the molecule is CC(C)(N)CS(C)(C)Cl.Cl. The maximum atomic E-state index is 6.02. The van der Waals surface area contributed by atoms with Gasteiger partial charge in [0.1, 0.15) is 0 Å². The zero-order valence-corrected chi connectivity index (χ0v) is 9.37. The molecular formula is C6H17Cl2NS. The van der Waals surface area contributed by atoms with Gasteiger partial charge in [-0.05, 0) is 26.4 Å². The topological polar surface area (TPSA) is 26.0 Å². The first-order chi connectivity index (χ1) is 3.71. The van der Waals surface area contributed by atoms with E-state index >= 15 is 0 Å². The van der Waals surface area contributed by atoms with Crippen LogP contribution in [0.5, 0.6) is 0 Å². The molecule has 0 unspecified atom stereocenters. The van der Waals surface area contributed by atoms with Crippen molar-refractivity contribution in [1.82, 2.24) is 0 Å². The van der Waals surface area contributed by atoms with Crippen LogP contribution in [0.3, 0.4) is 0 Å². The van der Waals surface area contributed by atoms with E-state index in [0.717, 1.165) is 5.75 Å². The first kappa shape index (κ1) is 13.5. The third-order valence-electron chi connectivity index (χ3n) is 0.715. The van der Waals surface area contributed by atoms with Crippen molar-refractivity contribution in [2.45, 2.75) is 19.4 Å². The van der Waals surface area contributed by atoms with Gasteiger partial charge in [-0.3, -0.25) is 0 Å². The molecule has 0 aromatic heterocycles. The van der Waals surface area contributed by atoms with E-state index in [4.69, 9.17) is 16.4 Å². The Morgan fingerprint density at radius 2 is 1.70 bits per heavy atom. The van der Waals surface area contributed by atoms with Crippen LogP contribution >= 0.6 is 32.3 Å². The zero-order chi connectivity index (χ0) is 7.71. The average molecular weight is 206 g/mol. The van der Waals surface area contributed by atoms with Crippen LogP contribution in [-0.4, -0.2) is 23.8 Å². The van der Waals surface area contributed by atoms with Gasteiger partial charge in [-0.1, -0.05) is 10.7 Å². The average Bonchev–Trinajstić information content (AvgIpc) is 1.14. The maximum Gasteiger partial charge on any atom is 0.0184 e. The van der Waals surface area contributed by atoms with Crippen molar-refractivity contribution >= 4 is 32.3 Å². The molecule has 0 saturated heterocycles. The summed E-state index contributed by atoms with van der Waals surface area (Å²) in [5, 5.41) is 0. The molecule has 0 rings (SSSR count). The first-order valence-corrected chi connectivity index (χ1v) is 6.35. The van der Waals surface area contributed by atoms with Crippen molar-refractivity contribution in [3.05, 3.63) is 0 Å². The second-order valence-electron chi connectivity index (χ2n) is 3.54. The van der Waals surface area contributed by atoms with Crippen LogP contribution < -0.4 is 5.73 Å². The lowest BCUT2D eigenvalue weighted by Gasteiger charge is -2.30. The van der Waals surface area contributed by atoms with E-state index < -0.39 is 9.24 Å². The highest BCUT2D eigenvalue weighted by Gasteiger charge is 2.18. The van der Waals surface area contributed by atoms with Crippen molar-refractivity contribution in [3.8, 4) is 0 Å². The number of rotatable bonds is 2. The molecule has 0 aliphatic rings. The van der Waals surface area contributed by atoms with Crippen molar-refractivity contribution in [2.24, 2.45) is 5.73 Å². The largest absolute Gasteiger partial charge is 0.325 e. The lowest BCUT2D eigenvalue weighted by atomic mass is 10.1. The van der Waals surface area contributed by atoms with E-state index in [9.17, 15) is 0 Å². The van der Waals surface area contributed by atoms with Crippen molar-refractivity contribution in [3.63, 3.8) is 0 Å². The number of hydrogen-bond donors (Lipinski definition) is 1. The quantitative estimate of drug-likeness (QED) is 0.737. The molecule has 1 nitrogen and oxygen atoms in total. The minimum absolute atomic E-state index is 0. The summed E-state index contributed by atoms with van der Waals surface area (Å²) < 4.78 is 0. The summed E-state index contributed by atoms with van der Waals surface area (Å²) in [5.74, 6) is 0.918. The Balaban J connectivity index is 0. The van der Waals surface area contributed by atoms with Crippen molar-refractivity contribution in [2.75, 3.05) is 18.3 Å². The fourth-order valence-electron chi connectivity index (χ4n) is 0.885. The highest BCUT2D eigenvalue weighted by atomic mass is 35.7. The second kappa shape index (κ2) is 4.05. The molecule has 4 heteroatoms. The molecule has 10 heavy (non-hydrogen) atoms. The Hall–Kier alpha value is 0.890. The van der Waals surface area contributed by atoms with Crippen molar-refractivity contribution in [1.29, 1.82) is 0 Å². The molecule has 0 amide bonds. The van der Waals surface area contributed by atoms with Crippen LogP contribution in [0.15, 0.2) is 0 Å². The Morgan fingerprint density at radius 3 is 1.70 bits per heavy atom. The second-order valence-corrected chi connectivity index (χ2v) is 9.14. The molecule has 0 aliphatic heterocycles. The Morgan fingerprint density at radius 1 is 1.40 bits per heavy atom. The van der Waals surface area contributed by atoms with Gasteiger partial charge >= 0.3 is 0 Å². The number of nitrogens with two attached hydrogens (primary N) is 1. The van der Waals surface area contributed by atoms with E-state index in [1.165, 1.54) is 0 Å². The molecule has 0 spiro atoms. The molecule has 0 radical (unpaired) electrons. The lowest BCUT2D eigenvalue weighted by Crippen LogP contribution is -2.37. The molecule has 66 valence electrons. The van der Waals surface area contributed by atoms with E-state index in [-0.39, 0.29) is 17.9 Å². The van der Waals surface area contributed by atoms with Gasteiger partial charge in [0, 0.05) is 11.3 Å². The fourth-order valence-corrected chi connectivity index (χ4v) is 3.50. The maximum absolute atomic E-state index is 6.02. The van der Waals surface area contributed by atoms with Crippen LogP contribution in [0.4, 0.5) is 0 Å². The Bertz CT molecular complexity index is 80.9. The third-order valence-corrected chi connectivity index (χ3v) is 2.47. The predicted octanol–water partition coefficient (Wildman–Crippen LogP) is 2.36. The van der Waals surface area contributed by atoms with Gasteiger partial charge in [-0.25, -0.2) is 0 Å². The minimum atomic E-state index is -0.935. The molecule has 0 heterocycles. The van der Waals surface area contributed by atoms with Crippen LogP contribution in [0.25, 0.3) is 0 Å². The summed E-state index contributed by atoms with van der Waals surface area (Å²) >= 11 is 0. The van der Waals surface area contributed by atoms with E-state index in [0.29, 0.717) is 0 Å². The fraction of sp³-hybridized carbons (Fsp3) is 1.00. The van der Waals surface area contributed by atoms with Gasteiger partial charge in [0.15, 0.2) is 0 Å². The molecule has 0 bridgehead atoms. The smallest absolute Gasteiger partial charge is 0.0184 e. The summed E-state index contributed by atoms with van der Waals surface area (Å²) in [6, 6.07) is 0. The molecule has 0 aromatic carbocycles. The van der Waals surface area contributed by atoms with Gasteiger partial charge in [-0.15, -0.1) is 12.4 Å². The highest BCUT2D eigenvalue weighted by molar-refractivity contribution is 8.50. The standard InChI is InChI=1S/C6H16ClNS.ClH/c1-6(2,8)5-9(3,4)7;/h5,8H2,1-4H3;1H. The van der Waals surface area contributed by atoms with E-state index in [1.54, 1.807) is 0 Å². The summed E-state index contributed by atoms with van der Waals surface area (Å²) in [6.45, 7) is 4.01. The zero-order valence-electron chi connectivity index (χ0n) is 6.98. The first-order valence-electron chi connectivity index (χ1n) is 2.90. The van der Waals surface area contributed by atoms with Crippen molar-refractivity contribution < 1.29 is 0 Å². The monoisotopic (exact) mass is 205 g/mol. The minimum Gasteiger partial charge on any atom is -0.325 e. The molecule has 0 atom stereocenters. The Kier molecular flexibility index (Phi) is 5.46. The van der Waals surface area contributed by atoms with Gasteiger partial charge in [-0.2, -0.15) is 9.24 Å². The van der Waals surface area contributed by atoms with Crippen LogP contribution in [0.2, 0.25) is 0 Å². The summed E-state index contributed by atoms with van der Waals surface area (Å²) in [4.78, 5) is 0. The lowest BCUT2D eigenvalue weighted by molar-refractivity contribution is 0.590. The van der Waals surface area contributed by atoms with Crippen LogP contribution in [0, 0.1) is 0 Å². The molecule has 0 fully saturated rings. The predicted molar refractivity (Wildman–Crippen MR) is 55.7 cm³/mol. The van der Waals surface area contributed by atoms with Gasteiger partial charge in [0.25, 0.3) is 0 Å². The third kappa shape index (κ3) is 11.7. The molecule has 0 aliphatic carbocycles. The van der Waals surface area contributed by atoms with Gasteiger partial charge in [0.05, 0.1) is 0 Å². The van der Waals surface area contributed by atoms with E-state index in [1.807, 2.05) is 13.8 Å².